The molecule has 1 N–H and O–H groups in total. The smallest absolute Gasteiger partial charge is 0.243 e. The molecule has 2 heterocycles. The Morgan fingerprint density at radius 1 is 1.15 bits per heavy atom. The van der Waals surface area contributed by atoms with Gasteiger partial charge in [-0.1, -0.05) is 37.6 Å². The molecule has 3 aromatic rings. The standard InChI is InChI=1S/C20H23N3O2S/c1-2-6-15-10-12-16(13-11-15)26(24,25)23-14-5-9-19(23)20-21-17-7-3-4-8-18(17)22-20/h3-4,7-8,10-13,19H,2,5-6,9,14H2,1H3,(H,21,22)/t19-/m1/s1. The normalized spacial score (nSPS) is 18.6. The van der Waals surface area contributed by atoms with Crippen molar-refractivity contribution in [2.45, 2.75) is 43.5 Å². The second kappa shape index (κ2) is 6.85. The van der Waals surface area contributed by atoms with Gasteiger partial charge in [-0.3, -0.25) is 0 Å². The van der Waals surface area contributed by atoms with Gasteiger partial charge in [0, 0.05) is 6.54 Å². The Kier molecular flexibility index (Phi) is 4.54. The number of imidazole rings is 1. The van der Waals surface area contributed by atoms with Crippen LogP contribution in [-0.2, 0) is 16.4 Å². The number of sulfonamides is 1. The van der Waals surface area contributed by atoms with E-state index in [-0.39, 0.29) is 6.04 Å². The Hall–Kier alpha value is -2.18. The van der Waals surface area contributed by atoms with Gasteiger partial charge < -0.3 is 4.98 Å². The molecule has 1 aromatic heterocycles. The van der Waals surface area contributed by atoms with Crippen molar-refractivity contribution >= 4 is 21.1 Å². The Bertz CT molecular complexity index is 976. The fraction of sp³-hybridized carbons (Fsp3) is 0.350. The highest BCUT2D eigenvalue weighted by molar-refractivity contribution is 7.89. The number of fused-ring (bicyclic) bond motifs is 1. The van der Waals surface area contributed by atoms with Crippen molar-refractivity contribution < 1.29 is 8.42 Å². The number of aromatic nitrogens is 2. The molecule has 26 heavy (non-hydrogen) atoms. The summed E-state index contributed by atoms with van der Waals surface area (Å²) in [5.74, 6) is 0.731. The van der Waals surface area contributed by atoms with E-state index in [2.05, 4.69) is 16.9 Å². The summed E-state index contributed by atoms with van der Waals surface area (Å²) in [6, 6.07) is 14.9. The molecule has 4 rings (SSSR count). The number of para-hydroxylation sites is 2. The number of benzene rings is 2. The Labute approximate surface area is 154 Å². The summed E-state index contributed by atoms with van der Waals surface area (Å²) < 4.78 is 28.0. The van der Waals surface area contributed by atoms with Gasteiger partial charge in [-0.25, -0.2) is 13.4 Å². The van der Waals surface area contributed by atoms with E-state index in [1.54, 1.807) is 16.4 Å². The second-order valence-electron chi connectivity index (χ2n) is 6.81. The van der Waals surface area contributed by atoms with Crippen LogP contribution in [0.5, 0.6) is 0 Å². The highest BCUT2D eigenvalue weighted by Crippen LogP contribution is 2.36. The number of aryl methyl sites for hydroxylation is 1. The van der Waals surface area contributed by atoms with Crippen molar-refractivity contribution in [2.24, 2.45) is 0 Å². The zero-order chi connectivity index (χ0) is 18.1. The quantitative estimate of drug-likeness (QED) is 0.738. The lowest BCUT2D eigenvalue weighted by Crippen LogP contribution is -2.31. The molecule has 0 radical (unpaired) electrons. The predicted molar refractivity (Wildman–Crippen MR) is 102 cm³/mol. The molecular formula is C20H23N3O2S. The number of aromatic amines is 1. The number of hydrogen-bond acceptors (Lipinski definition) is 3. The molecule has 136 valence electrons. The van der Waals surface area contributed by atoms with Gasteiger partial charge in [0.2, 0.25) is 10.0 Å². The minimum absolute atomic E-state index is 0.234. The first-order valence-corrected chi connectivity index (χ1v) is 10.6. The van der Waals surface area contributed by atoms with Gasteiger partial charge in [0.1, 0.15) is 5.82 Å². The highest BCUT2D eigenvalue weighted by Gasteiger charge is 2.37. The zero-order valence-corrected chi connectivity index (χ0v) is 15.7. The molecule has 5 nitrogen and oxygen atoms in total. The summed E-state index contributed by atoms with van der Waals surface area (Å²) >= 11 is 0. The molecule has 0 aliphatic carbocycles. The maximum absolute atomic E-state index is 13.2. The molecule has 1 aliphatic heterocycles. The van der Waals surface area contributed by atoms with Gasteiger partial charge in [0.05, 0.1) is 22.0 Å². The van der Waals surface area contributed by atoms with Gasteiger partial charge in [0.15, 0.2) is 0 Å². The summed E-state index contributed by atoms with van der Waals surface area (Å²) in [5.41, 5.74) is 2.98. The van der Waals surface area contributed by atoms with Crippen LogP contribution in [0.25, 0.3) is 11.0 Å². The van der Waals surface area contributed by atoms with Crippen LogP contribution in [0, 0.1) is 0 Å². The predicted octanol–water partition coefficient (Wildman–Crippen LogP) is 4.04. The largest absolute Gasteiger partial charge is 0.341 e. The number of rotatable bonds is 5. The van der Waals surface area contributed by atoms with Crippen LogP contribution in [0.15, 0.2) is 53.4 Å². The molecule has 0 saturated carbocycles. The molecule has 0 amide bonds. The van der Waals surface area contributed by atoms with E-state index in [4.69, 9.17) is 0 Å². The zero-order valence-electron chi connectivity index (χ0n) is 14.9. The van der Waals surface area contributed by atoms with E-state index in [0.717, 1.165) is 42.5 Å². The number of hydrogen-bond donors (Lipinski definition) is 1. The molecular weight excluding hydrogens is 346 g/mol. The lowest BCUT2D eigenvalue weighted by molar-refractivity contribution is 0.385. The first-order valence-electron chi connectivity index (χ1n) is 9.15. The third kappa shape index (κ3) is 3.04. The number of nitrogens with one attached hydrogen (secondary N) is 1. The van der Waals surface area contributed by atoms with Crippen LogP contribution in [-0.4, -0.2) is 29.2 Å². The fourth-order valence-electron chi connectivity index (χ4n) is 3.68. The fourth-order valence-corrected chi connectivity index (χ4v) is 5.34. The van der Waals surface area contributed by atoms with Crippen molar-refractivity contribution in [3.8, 4) is 0 Å². The Morgan fingerprint density at radius 2 is 1.92 bits per heavy atom. The minimum atomic E-state index is -3.53. The van der Waals surface area contributed by atoms with Crippen molar-refractivity contribution in [1.29, 1.82) is 0 Å². The van der Waals surface area contributed by atoms with Gasteiger partial charge in [-0.15, -0.1) is 0 Å². The molecule has 1 fully saturated rings. The van der Waals surface area contributed by atoms with Crippen LogP contribution < -0.4 is 0 Å². The molecule has 0 spiro atoms. The molecule has 1 aliphatic rings. The first-order chi connectivity index (χ1) is 12.6. The van der Waals surface area contributed by atoms with Crippen LogP contribution in [0.3, 0.4) is 0 Å². The lowest BCUT2D eigenvalue weighted by atomic mass is 10.1. The monoisotopic (exact) mass is 369 g/mol. The van der Waals surface area contributed by atoms with Crippen LogP contribution in [0.1, 0.15) is 43.6 Å². The summed E-state index contributed by atoms with van der Waals surface area (Å²) in [7, 11) is -3.53. The van der Waals surface area contributed by atoms with Crippen LogP contribution in [0.2, 0.25) is 0 Å². The minimum Gasteiger partial charge on any atom is -0.341 e. The topological polar surface area (TPSA) is 66.1 Å². The maximum Gasteiger partial charge on any atom is 0.243 e. The van der Waals surface area contributed by atoms with Gasteiger partial charge in [-0.2, -0.15) is 4.31 Å². The molecule has 0 unspecified atom stereocenters. The lowest BCUT2D eigenvalue weighted by Gasteiger charge is -2.22. The summed E-state index contributed by atoms with van der Waals surface area (Å²) in [4.78, 5) is 8.29. The highest BCUT2D eigenvalue weighted by atomic mass is 32.2. The van der Waals surface area contributed by atoms with Gasteiger partial charge in [0.25, 0.3) is 0 Å². The van der Waals surface area contributed by atoms with E-state index >= 15 is 0 Å². The van der Waals surface area contributed by atoms with E-state index < -0.39 is 10.0 Å². The molecule has 0 bridgehead atoms. The second-order valence-corrected chi connectivity index (χ2v) is 8.70. The third-order valence-electron chi connectivity index (χ3n) is 5.00. The van der Waals surface area contributed by atoms with Crippen molar-refractivity contribution in [3.63, 3.8) is 0 Å². The van der Waals surface area contributed by atoms with Crippen molar-refractivity contribution in [2.75, 3.05) is 6.54 Å². The van der Waals surface area contributed by atoms with E-state index in [9.17, 15) is 8.42 Å². The molecule has 2 aromatic carbocycles. The number of nitrogens with zero attached hydrogens (tertiary/aromatic N) is 2. The average Bonchev–Trinajstić information content (AvgIpc) is 3.29. The molecule has 6 heteroatoms. The van der Waals surface area contributed by atoms with Crippen molar-refractivity contribution in [3.05, 3.63) is 59.9 Å². The first kappa shape index (κ1) is 17.2. The van der Waals surface area contributed by atoms with Gasteiger partial charge in [-0.05, 0) is 49.1 Å². The third-order valence-corrected chi connectivity index (χ3v) is 6.92. The summed E-state index contributed by atoms with van der Waals surface area (Å²) in [6.07, 6.45) is 3.64. The molecule has 1 saturated heterocycles. The molecule has 1 atom stereocenters. The summed E-state index contributed by atoms with van der Waals surface area (Å²) in [6.45, 7) is 2.65. The average molecular weight is 369 g/mol. The van der Waals surface area contributed by atoms with E-state index in [1.807, 2.05) is 36.4 Å². The number of H-pyrrole nitrogens is 1. The van der Waals surface area contributed by atoms with Gasteiger partial charge >= 0.3 is 0 Å². The summed E-state index contributed by atoms with van der Waals surface area (Å²) in [5, 5.41) is 0. The van der Waals surface area contributed by atoms with Crippen LogP contribution >= 0.6 is 0 Å². The SMILES string of the molecule is CCCc1ccc(S(=O)(=O)N2CCC[C@@H]2c2nc3ccccc3[nH]2)cc1. The van der Waals surface area contributed by atoms with E-state index in [0.29, 0.717) is 11.4 Å². The maximum atomic E-state index is 13.2. The Balaban J connectivity index is 1.66. The van der Waals surface area contributed by atoms with Crippen molar-refractivity contribution in [1.82, 2.24) is 14.3 Å². The van der Waals surface area contributed by atoms with E-state index in [1.165, 1.54) is 5.56 Å². The Morgan fingerprint density at radius 3 is 2.65 bits per heavy atom. The van der Waals surface area contributed by atoms with Crippen LogP contribution in [0.4, 0.5) is 0 Å².